The van der Waals surface area contributed by atoms with Crippen molar-refractivity contribution < 1.29 is 9.15 Å². The van der Waals surface area contributed by atoms with Gasteiger partial charge in [-0.3, -0.25) is 0 Å². The molecule has 0 saturated heterocycles. The minimum atomic E-state index is 0.374. The highest BCUT2D eigenvalue weighted by atomic mass is 16.5. The third kappa shape index (κ3) is 4.35. The molecule has 1 aliphatic rings. The van der Waals surface area contributed by atoms with Crippen LogP contribution in [-0.2, 0) is 11.3 Å². The van der Waals surface area contributed by atoms with Gasteiger partial charge in [-0.25, -0.2) is 0 Å². The van der Waals surface area contributed by atoms with Crippen molar-refractivity contribution in [3.8, 4) is 0 Å². The summed E-state index contributed by atoms with van der Waals surface area (Å²) in [7, 11) is 1.71. The molecule has 1 fully saturated rings. The summed E-state index contributed by atoms with van der Waals surface area (Å²) in [4.78, 5) is 0. The van der Waals surface area contributed by atoms with E-state index in [-0.39, 0.29) is 0 Å². The minimum Gasteiger partial charge on any atom is -0.462 e. The molecular weight excluding hydrogens is 250 g/mol. The highest BCUT2D eigenvalue weighted by Gasteiger charge is 2.26. The van der Waals surface area contributed by atoms with Crippen LogP contribution in [0.4, 0.5) is 0 Å². The summed E-state index contributed by atoms with van der Waals surface area (Å²) in [5.41, 5.74) is 0. The Labute approximate surface area is 123 Å². The van der Waals surface area contributed by atoms with Crippen LogP contribution >= 0.6 is 0 Å². The second-order valence-electron chi connectivity index (χ2n) is 5.92. The second-order valence-corrected chi connectivity index (χ2v) is 5.92. The molecule has 0 amide bonds. The van der Waals surface area contributed by atoms with E-state index in [0.29, 0.717) is 18.6 Å². The van der Waals surface area contributed by atoms with Gasteiger partial charge in [0.15, 0.2) is 0 Å². The molecule has 0 spiro atoms. The normalized spacial score (nSPS) is 18.9. The van der Waals surface area contributed by atoms with E-state index < -0.39 is 0 Å². The number of methoxy groups -OCH3 is 1. The lowest BCUT2D eigenvalue weighted by molar-refractivity contribution is 0.159. The van der Waals surface area contributed by atoms with Crippen molar-refractivity contribution in [1.29, 1.82) is 0 Å². The highest BCUT2D eigenvalue weighted by Crippen LogP contribution is 2.34. The first-order valence-corrected chi connectivity index (χ1v) is 8.16. The molecule has 1 N–H and O–H groups in total. The number of hydrogen-bond acceptors (Lipinski definition) is 3. The van der Waals surface area contributed by atoms with Gasteiger partial charge >= 0.3 is 0 Å². The van der Waals surface area contributed by atoms with Crippen LogP contribution in [0.15, 0.2) is 16.5 Å². The number of nitrogens with one attached hydrogen (secondary N) is 1. The quantitative estimate of drug-likeness (QED) is 0.749. The smallest absolute Gasteiger partial charge is 0.129 e. The van der Waals surface area contributed by atoms with Gasteiger partial charge in [-0.2, -0.15) is 0 Å². The molecule has 2 rings (SSSR count). The molecule has 20 heavy (non-hydrogen) atoms. The molecule has 1 aliphatic carbocycles. The number of rotatable bonds is 7. The minimum absolute atomic E-state index is 0.374. The van der Waals surface area contributed by atoms with Gasteiger partial charge in [0.05, 0.1) is 6.04 Å². The summed E-state index contributed by atoms with van der Waals surface area (Å²) in [5, 5.41) is 3.70. The standard InChI is InChI=1S/C17H29NO2/c1-3-12-18-17(14-8-6-4-5-7-9-14)16-11-10-15(20-16)13-19-2/h10-11,14,17-18H,3-9,12-13H2,1-2H3. The average molecular weight is 279 g/mol. The fourth-order valence-corrected chi connectivity index (χ4v) is 3.23. The lowest BCUT2D eigenvalue weighted by atomic mass is 9.90. The third-order valence-corrected chi connectivity index (χ3v) is 4.26. The summed E-state index contributed by atoms with van der Waals surface area (Å²) < 4.78 is 11.1. The zero-order valence-corrected chi connectivity index (χ0v) is 13.0. The molecule has 3 heteroatoms. The number of hydrogen-bond donors (Lipinski definition) is 1. The van der Waals surface area contributed by atoms with Gasteiger partial charge in [-0.15, -0.1) is 0 Å². The van der Waals surface area contributed by atoms with Crippen molar-refractivity contribution in [2.24, 2.45) is 5.92 Å². The maximum Gasteiger partial charge on any atom is 0.129 e. The van der Waals surface area contributed by atoms with Crippen LogP contribution in [-0.4, -0.2) is 13.7 Å². The lowest BCUT2D eigenvalue weighted by Crippen LogP contribution is -2.28. The van der Waals surface area contributed by atoms with Crippen LogP contribution in [0.2, 0.25) is 0 Å². The lowest BCUT2D eigenvalue weighted by Gasteiger charge is -2.25. The van der Waals surface area contributed by atoms with Gasteiger partial charge in [0.2, 0.25) is 0 Å². The monoisotopic (exact) mass is 279 g/mol. The van der Waals surface area contributed by atoms with Crippen LogP contribution in [0.25, 0.3) is 0 Å². The van der Waals surface area contributed by atoms with Gasteiger partial charge in [0.1, 0.15) is 18.1 Å². The Kier molecular flexibility index (Phi) is 6.61. The molecule has 1 unspecified atom stereocenters. The van der Waals surface area contributed by atoms with Gasteiger partial charge in [0, 0.05) is 7.11 Å². The fraction of sp³-hybridized carbons (Fsp3) is 0.765. The average Bonchev–Trinajstić information content (AvgIpc) is 2.74. The maximum atomic E-state index is 5.99. The highest BCUT2D eigenvalue weighted by molar-refractivity contribution is 5.11. The van der Waals surface area contributed by atoms with Crippen LogP contribution in [0.5, 0.6) is 0 Å². The SMILES string of the molecule is CCCNC(c1ccc(COC)o1)C1CCCCCC1. The predicted molar refractivity (Wildman–Crippen MR) is 81.6 cm³/mol. The molecule has 1 heterocycles. The van der Waals surface area contributed by atoms with Crippen molar-refractivity contribution in [3.63, 3.8) is 0 Å². The zero-order chi connectivity index (χ0) is 14.2. The van der Waals surface area contributed by atoms with E-state index in [1.165, 1.54) is 38.5 Å². The number of ether oxygens (including phenoxy) is 1. The van der Waals surface area contributed by atoms with Gasteiger partial charge < -0.3 is 14.5 Å². The molecule has 1 aromatic heterocycles. The predicted octanol–water partition coefficient (Wildman–Crippen LogP) is 4.44. The molecule has 1 saturated carbocycles. The van der Waals surface area contributed by atoms with Crippen LogP contribution in [0, 0.1) is 5.92 Å². The van der Waals surface area contributed by atoms with E-state index in [1.807, 2.05) is 0 Å². The van der Waals surface area contributed by atoms with Crippen LogP contribution < -0.4 is 5.32 Å². The van der Waals surface area contributed by atoms with Crippen molar-refractivity contribution >= 4 is 0 Å². The third-order valence-electron chi connectivity index (χ3n) is 4.26. The van der Waals surface area contributed by atoms with E-state index in [2.05, 4.69) is 24.4 Å². The molecule has 0 radical (unpaired) electrons. The van der Waals surface area contributed by atoms with E-state index in [1.54, 1.807) is 7.11 Å². The van der Waals surface area contributed by atoms with E-state index in [9.17, 15) is 0 Å². The maximum absolute atomic E-state index is 5.99. The zero-order valence-electron chi connectivity index (χ0n) is 13.0. The van der Waals surface area contributed by atoms with E-state index in [4.69, 9.17) is 9.15 Å². The first kappa shape index (κ1) is 15.6. The van der Waals surface area contributed by atoms with Gasteiger partial charge in [-0.1, -0.05) is 32.6 Å². The van der Waals surface area contributed by atoms with Crippen LogP contribution in [0.3, 0.4) is 0 Å². The summed E-state index contributed by atoms with van der Waals surface area (Å²) >= 11 is 0. The molecular formula is C17H29NO2. The molecule has 0 aliphatic heterocycles. The summed E-state index contributed by atoms with van der Waals surface area (Å²) in [6, 6.07) is 4.56. The fourth-order valence-electron chi connectivity index (χ4n) is 3.23. The number of furan rings is 1. The summed E-state index contributed by atoms with van der Waals surface area (Å²) in [5.74, 6) is 2.74. The van der Waals surface area contributed by atoms with Gasteiger partial charge in [-0.05, 0) is 43.9 Å². The second kappa shape index (κ2) is 8.48. The van der Waals surface area contributed by atoms with E-state index >= 15 is 0 Å². The van der Waals surface area contributed by atoms with E-state index in [0.717, 1.165) is 24.5 Å². The topological polar surface area (TPSA) is 34.4 Å². The largest absolute Gasteiger partial charge is 0.462 e. The Balaban J connectivity index is 2.07. The summed E-state index contributed by atoms with van der Waals surface area (Å²) in [6.45, 7) is 3.84. The molecule has 3 nitrogen and oxygen atoms in total. The molecule has 1 atom stereocenters. The molecule has 1 aromatic rings. The van der Waals surface area contributed by atoms with Crippen molar-refractivity contribution in [3.05, 3.63) is 23.7 Å². The Bertz CT molecular complexity index is 367. The van der Waals surface area contributed by atoms with Crippen molar-refractivity contribution in [2.75, 3.05) is 13.7 Å². The summed E-state index contributed by atoms with van der Waals surface area (Å²) in [6.07, 6.45) is 9.31. The van der Waals surface area contributed by atoms with Crippen LogP contribution in [0.1, 0.15) is 69.4 Å². The Morgan fingerprint density at radius 1 is 1.25 bits per heavy atom. The van der Waals surface area contributed by atoms with Gasteiger partial charge in [0.25, 0.3) is 0 Å². The Morgan fingerprint density at radius 3 is 2.65 bits per heavy atom. The Morgan fingerprint density at radius 2 is 2.00 bits per heavy atom. The van der Waals surface area contributed by atoms with Crippen molar-refractivity contribution in [2.45, 2.75) is 64.5 Å². The first-order valence-electron chi connectivity index (χ1n) is 8.16. The molecule has 0 bridgehead atoms. The first-order chi connectivity index (χ1) is 9.85. The Hall–Kier alpha value is -0.800. The van der Waals surface area contributed by atoms with Crippen molar-refractivity contribution in [1.82, 2.24) is 5.32 Å². The molecule has 0 aromatic carbocycles. The molecule has 114 valence electrons.